The molecule has 3 aromatic rings. The van der Waals surface area contributed by atoms with Crippen molar-refractivity contribution < 1.29 is 70.9 Å². The lowest BCUT2D eigenvalue weighted by atomic mass is 10.1. The first-order chi connectivity index (χ1) is 17.6. The standard InChI is InChI=1S/C21H8F14N2O2/c22-7-1-5(36)3-9(11(7)19(27,28)29)38-17-13(21(33,34)35)14(24)15(25)18(16(17)26)39-10-4-6(37)2-8(23)12(10)20(30,31)32/h1-4H,36-37H2. The number of halogens is 14. The van der Waals surface area contributed by atoms with Crippen LogP contribution in [0.5, 0.6) is 23.0 Å². The van der Waals surface area contributed by atoms with Gasteiger partial charge in [0.25, 0.3) is 0 Å². The molecule has 3 rings (SSSR count). The molecule has 0 amide bonds. The van der Waals surface area contributed by atoms with Crippen LogP contribution in [0.1, 0.15) is 16.7 Å². The molecule has 0 aliphatic carbocycles. The van der Waals surface area contributed by atoms with Crippen LogP contribution in [-0.4, -0.2) is 0 Å². The molecule has 4 nitrogen and oxygen atoms in total. The van der Waals surface area contributed by atoms with Gasteiger partial charge in [-0.3, -0.25) is 0 Å². The van der Waals surface area contributed by atoms with Gasteiger partial charge in [0.05, 0.1) is 0 Å². The molecule has 0 unspecified atom stereocenters. The molecule has 0 bridgehead atoms. The Labute approximate surface area is 206 Å². The van der Waals surface area contributed by atoms with E-state index in [-0.39, 0.29) is 24.3 Å². The monoisotopic (exact) mass is 586 g/mol. The summed E-state index contributed by atoms with van der Waals surface area (Å²) in [5.41, 5.74) is 0.615. The SMILES string of the molecule is Nc1cc(F)c(C(F)(F)F)c(Oc2c(F)c(F)c(C(F)(F)F)c(Oc3cc(N)cc(F)c3C(F)(F)F)c2F)c1. The molecular formula is C21H8F14N2O2. The molecule has 0 saturated heterocycles. The van der Waals surface area contributed by atoms with Crippen molar-refractivity contribution in [2.24, 2.45) is 0 Å². The third kappa shape index (κ3) is 5.68. The molecule has 0 heterocycles. The van der Waals surface area contributed by atoms with Crippen LogP contribution in [0.2, 0.25) is 0 Å². The van der Waals surface area contributed by atoms with Crippen LogP contribution >= 0.6 is 0 Å². The molecule has 0 fully saturated rings. The molecule has 18 heteroatoms. The van der Waals surface area contributed by atoms with E-state index in [9.17, 15) is 57.1 Å². The Morgan fingerprint density at radius 2 is 0.821 bits per heavy atom. The van der Waals surface area contributed by atoms with Crippen molar-refractivity contribution in [3.8, 4) is 23.0 Å². The van der Waals surface area contributed by atoms with Gasteiger partial charge in [-0.15, -0.1) is 0 Å². The van der Waals surface area contributed by atoms with Gasteiger partial charge in [-0.05, 0) is 12.1 Å². The first-order valence-electron chi connectivity index (χ1n) is 9.60. The minimum atomic E-state index is -6.13. The Morgan fingerprint density at radius 1 is 0.462 bits per heavy atom. The number of nitrogens with two attached hydrogens (primary N) is 2. The quantitative estimate of drug-likeness (QED) is 0.184. The van der Waals surface area contributed by atoms with Crippen molar-refractivity contribution in [1.29, 1.82) is 0 Å². The number of benzene rings is 3. The van der Waals surface area contributed by atoms with Crippen molar-refractivity contribution in [2.75, 3.05) is 11.5 Å². The fourth-order valence-corrected chi connectivity index (χ4v) is 3.19. The number of alkyl halides is 9. The van der Waals surface area contributed by atoms with Gasteiger partial charge in [0, 0.05) is 23.5 Å². The van der Waals surface area contributed by atoms with Crippen LogP contribution < -0.4 is 20.9 Å². The third-order valence-electron chi connectivity index (χ3n) is 4.66. The predicted octanol–water partition coefficient (Wildman–Crippen LogP) is 8.19. The number of nitrogen functional groups attached to an aromatic ring is 2. The number of rotatable bonds is 4. The Morgan fingerprint density at radius 3 is 1.18 bits per heavy atom. The lowest BCUT2D eigenvalue weighted by molar-refractivity contribution is -0.142. The number of ether oxygens (including phenoxy) is 2. The molecule has 3 aromatic carbocycles. The Hall–Kier alpha value is -4.12. The summed E-state index contributed by atoms with van der Waals surface area (Å²) < 4.78 is 201. The maximum Gasteiger partial charge on any atom is 0.423 e. The molecule has 39 heavy (non-hydrogen) atoms. The Kier molecular flexibility index (Phi) is 7.22. The maximum absolute atomic E-state index is 15.2. The average Bonchev–Trinajstić information content (AvgIpc) is 2.71. The maximum atomic E-state index is 15.2. The van der Waals surface area contributed by atoms with E-state index in [1.54, 1.807) is 0 Å². The van der Waals surface area contributed by atoms with Gasteiger partial charge >= 0.3 is 18.5 Å². The van der Waals surface area contributed by atoms with Gasteiger partial charge in [-0.25, -0.2) is 13.2 Å². The molecular weight excluding hydrogens is 578 g/mol. The van der Waals surface area contributed by atoms with Gasteiger partial charge in [0.15, 0.2) is 11.6 Å². The normalized spacial score (nSPS) is 12.6. The van der Waals surface area contributed by atoms with Crippen molar-refractivity contribution in [3.63, 3.8) is 0 Å². The first-order valence-corrected chi connectivity index (χ1v) is 9.60. The van der Waals surface area contributed by atoms with Crippen molar-refractivity contribution in [1.82, 2.24) is 0 Å². The van der Waals surface area contributed by atoms with E-state index in [0.29, 0.717) is 0 Å². The van der Waals surface area contributed by atoms with Gasteiger partial charge in [0.2, 0.25) is 17.4 Å². The molecule has 0 aliphatic heterocycles. The smallest absolute Gasteiger partial charge is 0.423 e. The highest BCUT2D eigenvalue weighted by Crippen LogP contribution is 2.50. The van der Waals surface area contributed by atoms with E-state index in [0.717, 1.165) is 0 Å². The second-order valence-corrected chi connectivity index (χ2v) is 7.42. The zero-order chi connectivity index (χ0) is 29.8. The molecule has 0 aromatic heterocycles. The summed E-state index contributed by atoms with van der Waals surface area (Å²) in [6, 6.07) is 0.277. The van der Waals surface area contributed by atoms with Crippen LogP contribution in [0.15, 0.2) is 24.3 Å². The fraction of sp³-hybridized carbons (Fsp3) is 0.143. The zero-order valence-electron chi connectivity index (χ0n) is 18.1. The Balaban J connectivity index is 2.37. The van der Waals surface area contributed by atoms with Gasteiger partial charge in [-0.2, -0.15) is 48.3 Å². The Bertz CT molecular complexity index is 1450. The highest BCUT2D eigenvalue weighted by molar-refractivity contribution is 5.56. The van der Waals surface area contributed by atoms with Crippen LogP contribution in [-0.2, 0) is 18.5 Å². The molecule has 0 radical (unpaired) electrons. The van der Waals surface area contributed by atoms with E-state index in [1.165, 1.54) is 0 Å². The average molecular weight is 586 g/mol. The van der Waals surface area contributed by atoms with Gasteiger partial charge in [0.1, 0.15) is 39.8 Å². The summed E-state index contributed by atoms with van der Waals surface area (Å²) in [5.74, 6) is -22.3. The van der Waals surface area contributed by atoms with Crippen molar-refractivity contribution >= 4 is 11.4 Å². The van der Waals surface area contributed by atoms with E-state index < -0.39 is 98.7 Å². The van der Waals surface area contributed by atoms with Crippen LogP contribution in [0, 0.1) is 29.1 Å². The molecule has 0 saturated carbocycles. The van der Waals surface area contributed by atoms with Crippen LogP contribution in [0.3, 0.4) is 0 Å². The molecule has 212 valence electrons. The summed E-state index contributed by atoms with van der Waals surface area (Å²) in [7, 11) is 0. The molecule has 0 aliphatic rings. The van der Waals surface area contributed by atoms with Crippen LogP contribution in [0.25, 0.3) is 0 Å². The highest BCUT2D eigenvalue weighted by atomic mass is 19.4. The summed E-state index contributed by atoms with van der Waals surface area (Å²) in [6.45, 7) is 0. The second kappa shape index (κ2) is 9.57. The summed E-state index contributed by atoms with van der Waals surface area (Å²) in [6.07, 6.45) is -17.5. The summed E-state index contributed by atoms with van der Waals surface area (Å²) in [4.78, 5) is 0. The number of hydrogen-bond acceptors (Lipinski definition) is 4. The molecule has 4 N–H and O–H groups in total. The minimum Gasteiger partial charge on any atom is -0.453 e. The summed E-state index contributed by atoms with van der Waals surface area (Å²) >= 11 is 0. The fourth-order valence-electron chi connectivity index (χ4n) is 3.19. The lowest BCUT2D eigenvalue weighted by Gasteiger charge is -2.21. The zero-order valence-corrected chi connectivity index (χ0v) is 18.1. The topological polar surface area (TPSA) is 70.5 Å². The minimum absolute atomic E-state index is 0.0440. The van der Waals surface area contributed by atoms with E-state index in [2.05, 4.69) is 9.47 Å². The van der Waals surface area contributed by atoms with Crippen LogP contribution in [0.4, 0.5) is 72.8 Å². The number of anilines is 2. The molecule has 0 spiro atoms. The first kappa shape index (κ1) is 29.4. The largest absolute Gasteiger partial charge is 0.453 e. The van der Waals surface area contributed by atoms with E-state index >= 15 is 4.39 Å². The van der Waals surface area contributed by atoms with Gasteiger partial charge in [-0.1, -0.05) is 0 Å². The summed E-state index contributed by atoms with van der Waals surface area (Å²) in [5, 5.41) is 0. The number of hydrogen-bond donors (Lipinski definition) is 2. The molecule has 0 atom stereocenters. The van der Waals surface area contributed by atoms with E-state index in [1.807, 2.05) is 0 Å². The third-order valence-corrected chi connectivity index (χ3v) is 4.66. The van der Waals surface area contributed by atoms with Gasteiger partial charge < -0.3 is 20.9 Å². The van der Waals surface area contributed by atoms with E-state index in [4.69, 9.17) is 11.5 Å². The van der Waals surface area contributed by atoms with Crippen molar-refractivity contribution in [3.05, 3.63) is 70.0 Å². The predicted molar refractivity (Wildman–Crippen MR) is 103 cm³/mol. The second-order valence-electron chi connectivity index (χ2n) is 7.42. The van der Waals surface area contributed by atoms with Crippen molar-refractivity contribution in [2.45, 2.75) is 18.5 Å². The highest BCUT2D eigenvalue weighted by Gasteiger charge is 2.46. The lowest BCUT2D eigenvalue weighted by Crippen LogP contribution is -2.17.